The first-order valence-electron chi connectivity index (χ1n) is 11.5. The van der Waals surface area contributed by atoms with Crippen molar-refractivity contribution in [2.24, 2.45) is 0 Å². The predicted octanol–water partition coefficient (Wildman–Crippen LogP) is 5.12. The summed E-state index contributed by atoms with van der Waals surface area (Å²) in [6.07, 6.45) is 1.80. The Bertz CT molecular complexity index is 1500. The number of methoxy groups -OCH3 is 2. The molecule has 0 bridgehead atoms. The fourth-order valence-electron chi connectivity index (χ4n) is 4.80. The normalized spacial score (nSPS) is 17.1. The van der Waals surface area contributed by atoms with E-state index in [1.807, 2.05) is 55.5 Å². The van der Waals surface area contributed by atoms with Crippen LogP contribution in [0, 0.1) is 6.92 Å². The topological polar surface area (TPSA) is 91.9 Å². The van der Waals surface area contributed by atoms with Crippen LogP contribution in [0.5, 0.6) is 11.5 Å². The van der Waals surface area contributed by atoms with Crippen molar-refractivity contribution in [1.82, 2.24) is 9.88 Å². The van der Waals surface area contributed by atoms with Gasteiger partial charge >= 0.3 is 0 Å². The molecular weight excluding hydrogens is 456 g/mol. The number of H-pyrrole nitrogens is 1. The minimum absolute atomic E-state index is 0.0582. The number of aliphatic hydroxyl groups is 1. The number of benzene rings is 3. The molecule has 1 atom stereocenters. The zero-order valence-electron chi connectivity index (χ0n) is 20.2. The highest BCUT2D eigenvalue weighted by Crippen LogP contribution is 2.43. The van der Waals surface area contributed by atoms with E-state index >= 15 is 0 Å². The van der Waals surface area contributed by atoms with Gasteiger partial charge in [0.25, 0.3) is 11.7 Å². The lowest BCUT2D eigenvalue weighted by atomic mass is 9.94. The Morgan fingerprint density at radius 2 is 1.75 bits per heavy atom. The second kappa shape index (κ2) is 9.26. The number of fused-ring (bicyclic) bond motifs is 1. The van der Waals surface area contributed by atoms with Gasteiger partial charge < -0.3 is 24.5 Å². The molecule has 182 valence electrons. The maximum Gasteiger partial charge on any atom is 0.295 e. The van der Waals surface area contributed by atoms with Gasteiger partial charge in [0.2, 0.25) is 0 Å². The summed E-state index contributed by atoms with van der Waals surface area (Å²) in [5.74, 6) is -0.229. The quantitative estimate of drug-likeness (QED) is 0.226. The van der Waals surface area contributed by atoms with Crippen LogP contribution < -0.4 is 9.47 Å². The molecular formula is C29H26N2O5. The summed E-state index contributed by atoms with van der Waals surface area (Å²) in [6, 6.07) is 19.4. The molecule has 7 nitrogen and oxygen atoms in total. The number of aliphatic hydroxyl groups excluding tert-OH is 1. The van der Waals surface area contributed by atoms with Crippen LogP contribution in [-0.2, 0) is 16.1 Å². The molecule has 4 aromatic rings. The van der Waals surface area contributed by atoms with Crippen LogP contribution in [0.15, 0.2) is 78.5 Å². The van der Waals surface area contributed by atoms with Crippen LogP contribution >= 0.6 is 0 Å². The number of hydrogen-bond donors (Lipinski definition) is 2. The zero-order chi connectivity index (χ0) is 25.4. The molecule has 0 saturated carbocycles. The Labute approximate surface area is 208 Å². The number of hydrogen-bond acceptors (Lipinski definition) is 5. The number of para-hydroxylation sites is 1. The molecule has 1 saturated heterocycles. The maximum absolute atomic E-state index is 13.4. The number of carbonyl (C=O) groups excluding carboxylic acids is 2. The van der Waals surface area contributed by atoms with Gasteiger partial charge in [-0.1, -0.05) is 30.3 Å². The Morgan fingerprint density at radius 1 is 1.00 bits per heavy atom. The van der Waals surface area contributed by atoms with E-state index in [1.54, 1.807) is 38.6 Å². The largest absolute Gasteiger partial charge is 0.507 e. The molecule has 3 aromatic carbocycles. The van der Waals surface area contributed by atoms with Gasteiger partial charge in [0.1, 0.15) is 17.3 Å². The monoisotopic (exact) mass is 482 g/mol. The number of nitrogens with zero attached hydrogens (tertiary/aromatic N) is 1. The lowest BCUT2D eigenvalue weighted by Crippen LogP contribution is -2.29. The molecule has 36 heavy (non-hydrogen) atoms. The molecule has 1 aliphatic heterocycles. The fraction of sp³-hybridized carbons (Fsp3) is 0.172. The van der Waals surface area contributed by atoms with Gasteiger partial charge in [0.15, 0.2) is 0 Å². The number of ether oxygens (including phenoxy) is 2. The second-order valence-corrected chi connectivity index (χ2v) is 8.75. The standard InChI is InChI=1S/C29H26N2O5/c1-17-14-19(10-13-24(17)36-3)27(32)25-26(22-15-30-23-7-5-4-6-21(22)23)31(29(34)28(25)33)16-18-8-11-20(35-2)12-9-18/h4-15,26,30,32H,16H2,1-3H3/b27-25+. The average molecular weight is 483 g/mol. The summed E-state index contributed by atoms with van der Waals surface area (Å²) in [5, 5.41) is 12.3. The van der Waals surface area contributed by atoms with E-state index in [9.17, 15) is 14.7 Å². The maximum atomic E-state index is 13.4. The van der Waals surface area contributed by atoms with Crippen molar-refractivity contribution in [2.45, 2.75) is 19.5 Å². The molecule has 0 aliphatic carbocycles. The first-order chi connectivity index (χ1) is 17.4. The summed E-state index contributed by atoms with van der Waals surface area (Å²) < 4.78 is 10.6. The van der Waals surface area contributed by atoms with E-state index in [0.717, 1.165) is 27.6 Å². The third-order valence-corrected chi connectivity index (χ3v) is 6.64. The van der Waals surface area contributed by atoms with Crippen LogP contribution in [0.25, 0.3) is 16.7 Å². The summed E-state index contributed by atoms with van der Waals surface area (Å²) >= 11 is 0. The molecule has 1 amide bonds. The third kappa shape index (κ3) is 3.88. The van der Waals surface area contributed by atoms with E-state index in [-0.39, 0.29) is 17.9 Å². The lowest BCUT2D eigenvalue weighted by molar-refractivity contribution is -0.140. The molecule has 1 unspecified atom stereocenters. The summed E-state index contributed by atoms with van der Waals surface area (Å²) in [7, 11) is 3.16. The number of likely N-dealkylation sites (tertiary alicyclic amines) is 1. The summed E-state index contributed by atoms with van der Waals surface area (Å²) in [4.78, 5) is 31.5. The first kappa shape index (κ1) is 23.2. The van der Waals surface area contributed by atoms with Crippen LogP contribution in [-0.4, -0.2) is 40.9 Å². The van der Waals surface area contributed by atoms with Gasteiger partial charge in [0.05, 0.1) is 25.8 Å². The van der Waals surface area contributed by atoms with E-state index in [1.165, 1.54) is 4.90 Å². The number of aryl methyl sites for hydroxylation is 1. The van der Waals surface area contributed by atoms with Crippen molar-refractivity contribution in [3.8, 4) is 11.5 Å². The van der Waals surface area contributed by atoms with Crippen LogP contribution in [0.1, 0.15) is 28.3 Å². The van der Waals surface area contributed by atoms with Gasteiger partial charge in [-0.05, 0) is 54.4 Å². The lowest BCUT2D eigenvalue weighted by Gasteiger charge is -2.25. The van der Waals surface area contributed by atoms with Crippen molar-refractivity contribution < 1.29 is 24.2 Å². The number of amides is 1. The van der Waals surface area contributed by atoms with Crippen molar-refractivity contribution >= 4 is 28.4 Å². The van der Waals surface area contributed by atoms with Gasteiger partial charge in [-0.3, -0.25) is 9.59 Å². The number of carbonyl (C=O) groups is 2. The van der Waals surface area contributed by atoms with E-state index < -0.39 is 17.7 Å². The molecule has 5 rings (SSSR count). The highest BCUT2D eigenvalue weighted by molar-refractivity contribution is 6.46. The summed E-state index contributed by atoms with van der Waals surface area (Å²) in [6.45, 7) is 2.05. The van der Waals surface area contributed by atoms with Crippen LogP contribution in [0.2, 0.25) is 0 Å². The van der Waals surface area contributed by atoms with Crippen molar-refractivity contribution in [1.29, 1.82) is 0 Å². The van der Waals surface area contributed by atoms with Gasteiger partial charge in [-0.15, -0.1) is 0 Å². The van der Waals surface area contributed by atoms with Gasteiger partial charge in [-0.2, -0.15) is 0 Å². The van der Waals surface area contributed by atoms with Gasteiger partial charge in [0, 0.05) is 34.8 Å². The van der Waals surface area contributed by atoms with Crippen molar-refractivity contribution in [3.05, 3.63) is 101 Å². The van der Waals surface area contributed by atoms with Crippen LogP contribution in [0.4, 0.5) is 0 Å². The molecule has 1 fully saturated rings. The summed E-state index contributed by atoms with van der Waals surface area (Å²) in [5.41, 5.74) is 3.76. The Kier molecular flexibility index (Phi) is 5.98. The zero-order valence-corrected chi connectivity index (χ0v) is 20.2. The molecule has 0 radical (unpaired) electrons. The minimum Gasteiger partial charge on any atom is -0.507 e. The first-order valence-corrected chi connectivity index (χ1v) is 11.5. The molecule has 2 heterocycles. The van der Waals surface area contributed by atoms with E-state index in [4.69, 9.17) is 9.47 Å². The SMILES string of the molecule is COc1ccc(CN2C(=O)C(=O)/C(=C(/O)c3ccc(OC)c(C)c3)C2c2c[nH]c3ccccc23)cc1. The fourth-order valence-corrected chi connectivity index (χ4v) is 4.80. The Balaban J connectivity index is 1.67. The van der Waals surface area contributed by atoms with Crippen molar-refractivity contribution in [3.63, 3.8) is 0 Å². The van der Waals surface area contributed by atoms with Crippen LogP contribution in [0.3, 0.4) is 0 Å². The van der Waals surface area contributed by atoms with E-state index in [0.29, 0.717) is 17.1 Å². The number of aromatic nitrogens is 1. The number of Topliss-reactive ketones (excluding diaryl/α,β-unsaturated/α-hetero) is 1. The Hall–Kier alpha value is -4.52. The number of rotatable bonds is 6. The smallest absolute Gasteiger partial charge is 0.295 e. The third-order valence-electron chi connectivity index (χ3n) is 6.64. The molecule has 7 heteroatoms. The number of aromatic amines is 1. The van der Waals surface area contributed by atoms with Crippen molar-refractivity contribution in [2.75, 3.05) is 14.2 Å². The molecule has 2 N–H and O–H groups in total. The molecule has 1 aromatic heterocycles. The molecule has 1 aliphatic rings. The number of ketones is 1. The average Bonchev–Trinajstić information content (AvgIpc) is 3.43. The Morgan fingerprint density at radius 3 is 2.44 bits per heavy atom. The van der Waals surface area contributed by atoms with E-state index in [2.05, 4.69) is 4.98 Å². The van der Waals surface area contributed by atoms with Gasteiger partial charge in [-0.25, -0.2) is 0 Å². The second-order valence-electron chi connectivity index (χ2n) is 8.75. The predicted molar refractivity (Wildman–Crippen MR) is 137 cm³/mol. The number of nitrogens with one attached hydrogen (secondary N) is 1. The molecule has 0 spiro atoms. The highest BCUT2D eigenvalue weighted by atomic mass is 16.5. The minimum atomic E-state index is -0.773. The highest BCUT2D eigenvalue weighted by Gasteiger charge is 2.46.